The normalized spacial score (nSPS) is 22.6. The van der Waals surface area contributed by atoms with Crippen molar-refractivity contribution in [2.45, 2.75) is 44.6 Å². The number of hydrogen-bond acceptors (Lipinski definition) is 3. The summed E-state index contributed by atoms with van der Waals surface area (Å²) in [6.45, 7) is 0.735. The minimum Gasteiger partial charge on any atom is -0.478 e. The molecule has 0 bridgehead atoms. The molecule has 1 atom stereocenters. The largest absolute Gasteiger partial charge is 0.478 e. The third-order valence-corrected chi connectivity index (χ3v) is 4.74. The third-order valence-electron chi connectivity index (χ3n) is 4.74. The number of aromatic carboxylic acids is 1. The Labute approximate surface area is 124 Å². The van der Waals surface area contributed by atoms with Crippen molar-refractivity contribution in [2.75, 3.05) is 6.54 Å². The fourth-order valence-electron chi connectivity index (χ4n) is 3.57. The molecule has 112 valence electrons. The van der Waals surface area contributed by atoms with Crippen LogP contribution in [0, 0.1) is 5.92 Å². The van der Waals surface area contributed by atoms with E-state index in [0.29, 0.717) is 11.3 Å². The zero-order valence-electron chi connectivity index (χ0n) is 12.1. The first kappa shape index (κ1) is 14.3. The molecule has 2 aliphatic rings. The maximum atomic E-state index is 12.8. The SMILES string of the molecule is O=C(O)c1ccc2c(c1)CCNC2C(=O)C1CCCCC1. The highest BCUT2D eigenvalue weighted by Crippen LogP contribution is 2.32. The highest BCUT2D eigenvalue weighted by atomic mass is 16.4. The molecule has 1 aliphatic heterocycles. The molecular formula is C17H21NO3. The van der Waals surface area contributed by atoms with Crippen LogP contribution in [-0.4, -0.2) is 23.4 Å². The number of rotatable bonds is 3. The lowest BCUT2D eigenvalue weighted by Crippen LogP contribution is -2.38. The summed E-state index contributed by atoms with van der Waals surface area (Å²) in [6.07, 6.45) is 6.31. The number of carbonyl (C=O) groups is 2. The number of Topliss-reactive ketones (excluding diaryl/α,β-unsaturated/α-hetero) is 1. The Hall–Kier alpha value is -1.68. The van der Waals surface area contributed by atoms with Gasteiger partial charge in [0.15, 0.2) is 5.78 Å². The monoisotopic (exact) mass is 287 g/mol. The summed E-state index contributed by atoms with van der Waals surface area (Å²) in [5.41, 5.74) is 2.28. The number of benzene rings is 1. The average Bonchev–Trinajstić information content (AvgIpc) is 2.54. The van der Waals surface area contributed by atoms with E-state index in [1.54, 1.807) is 12.1 Å². The second-order valence-corrected chi connectivity index (χ2v) is 6.09. The highest BCUT2D eigenvalue weighted by Gasteiger charge is 2.32. The van der Waals surface area contributed by atoms with Crippen LogP contribution >= 0.6 is 0 Å². The molecule has 4 nitrogen and oxygen atoms in total. The predicted octanol–water partition coefficient (Wildman–Crippen LogP) is 2.72. The summed E-state index contributed by atoms with van der Waals surface area (Å²) in [6, 6.07) is 4.89. The van der Waals surface area contributed by atoms with Crippen molar-refractivity contribution < 1.29 is 14.7 Å². The topological polar surface area (TPSA) is 66.4 Å². The maximum absolute atomic E-state index is 12.8. The smallest absolute Gasteiger partial charge is 0.335 e. The summed E-state index contributed by atoms with van der Waals surface area (Å²) in [4.78, 5) is 23.8. The van der Waals surface area contributed by atoms with Gasteiger partial charge in [-0.15, -0.1) is 0 Å². The van der Waals surface area contributed by atoms with Crippen LogP contribution in [0.2, 0.25) is 0 Å². The first-order valence-corrected chi connectivity index (χ1v) is 7.80. The van der Waals surface area contributed by atoms with Gasteiger partial charge in [0, 0.05) is 12.5 Å². The number of nitrogens with one attached hydrogen (secondary N) is 1. The molecule has 21 heavy (non-hydrogen) atoms. The summed E-state index contributed by atoms with van der Waals surface area (Å²) < 4.78 is 0. The Kier molecular flexibility index (Phi) is 4.06. The van der Waals surface area contributed by atoms with Crippen molar-refractivity contribution in [3.05, 3.63) is 34.9 Å². The molecule has 1 saturated carbocycles. The van der Waals surface area contributed by atoms with Gasteiger partial charge < -0.3 is 10.4 Å². The minimum absolute atomic E-state index is 0.168. The first-order chi connectivity index (χ1) is 10.2. The van der Waals surface area contributed by atoms with E-state index in [-0.39, 0.29) is 12.0 Å². The maximum Gasteiger partial charge on any atom is 0.335 e. The van der Waals surface area contributed by atoms with Crippen molar-refractivity contribution in [2.24, 2.45) is 5.92 Å². The van der Waals surface area contributed by atoms with E-state index in [4.69, 9.17) is 5.11 Å². The van der Waals surface area contributed by atoms with E-state index < -0.39 is 5.97 Å². The number of hydrogen-bond donors (Lipinski definition) is 2. The number of carbonyl (C=O) groups excluding carboxylic acids is 1. The van der Waals surface area contributed by atoms with E-state index in [9.17, 15) is 9.59 Å². The molecule has 2 N–H and O–H groups in total. The van der Waals surface area contributed by atoms with Gasteiger partial charge in [-0.05, 0) is 42.5 Å². The molecule has 0 spiro atoms. The second kappa shape index (κ2) is 5.98. The second-order valence-electron chi connectivity index (χ2n) is 6.09. The molecular weight excluding hydrogens is 266 g/mol. The van der Waals surface area contributed by atoms with E-state index in [2.05, 4.69) is 5.32 Å². The molecule has 1 fully saturated rings. The highest BCUT2D eigenvalue weighted by molar-refractivity contribution is 5.90. The van der Waals surface area contributed by atoms with Crippen molar-refractivity contribution in [1.82, 2.24) is 5.32 Å². The summed E-state index contributed by atoms with van der Waals surface area (Å²) in [7, 11) is 0. The fourth-order valence-corrected chi connectivity index (χ4v) is 3.57. The van der Waals surface area contributed by atoms with E-state index in [1.165, 1.54) is 6.42 Å². The number of carboxylic acid groups (broad SMARTS) is 1. The van der Waals surface area contributed by atoms with Crippen LogP contribution in [-0.2, 0) is 11.2 Å². The lowest BCUT2D eigenvalue weighted by Gasteiger charge is -2.30. The van der Waals surface area contributed by atoms with E-state index in [1.807, 2.05) is 6.07 Å². The number of fused-ring (bicyclic) bond motifs is 1. The predicted molar refractivity (Wildman–Crippen MR) is 79.4 cm³/mol. The van der Waals surface area contributed by atoms with Gasteiger partial charge in [-0.3, -0.25) is 4.79 Å². The molecule has 3 rings (SSSR count). The molecule has 1 aliphatic carbocycles. The van der Waals surface area contributed by atoms with E-state index in [0.717, 1.165) is 49.8 Å². The molecule has 0 amide bonds. The Balaban J connectivity index is 1.86. The quantitative estimate of drug-likeness (QED) is 0.897. The van der Waals surface area contributed by atoms with Gasteiger partial charge in [0.1, 0.15) is 0 Å². The number of carboxylic acids is 1. The standard InChI is InChI=1S/C17H21NO3/c19-16(11-4-2-1-3-5-11)15-14-7-6-13(17(20)21)10-12(14)8-9-18-15/h6-7,10-11,15,18H,1-5,8-9H2,(H,20,21). The Morgan fingerprint density at radius 2 is 1.90 bits per heavy atom. The Morgan fingerprint density at radius 1 is 1.14 bits per heavy atom. The molecule has 0 radical (unpaired) electrons. The van der Waals surface area contributed by atoms with Crippen molar-refractivity contribution in [1.29, 1.82) is 0 Å². The molecule has 1 heterocycles. The minimum atomic E-state index is -0.911. The van der Waals surface area contributed by atoms with Gasteiger partial charge in [-0.1, -0.05) is 25.3 Å². The van der Waals surface area contributed by atoms with Gasteiger partial charge >= 0.3 is 5.97 Å². The van der Waals surface area contributed by atoms with Gasteiger partial charge in [-0.25, -0.2) is 4.79 Å². The zero-order chi connectivity index (χ0) is 14.8. The zero-order valence-corrected chi connectivity index (χ0v) is 12.1. The molecule has 0 aromatic heterocycles. The van der Waals surface area contributed by atoms with Crippen LogP contribution < -0.4 is 5.32 Å². The van der Waals surface area contributed by atoms with Crippen molar-refractivity contribution in [3.63, 3.8) is 0 Å². The lowest BCUT2D eigenvalue weighted by atomic mass is 9.80. The fraction of sp³-hybridized carbons (Fsp3) is 0.529. The van der Waals surface area contributed by atoms with Gasteiger partial charge in [-0.2, -0.15) is 0 Å². The van der Waals surface area contributed by atoms with Gasteiger partial charge in [0.25, 0.3) is 0 Å². The molecule has 4 heteroatoms. The van der Waals surface area contributed by atoms with Crippen LogP contribution in [0.5, 0.6) is 0 Å². The summed E-state index contributed by atoms with van der Waals surface area (Å²) >= 11 is 0. The van der Waals surface area contributed by atoms with E-state index >= 15 is 0 Å². The van der Waals surface area contributed by atoms with Crippen LogP contribution in [0.15, 0.2) is 18.2 Å². The Morgan fingerprint density at radius 3 is 2.62 bits per heavy atom. The van der Waals surface area contributed by atoms with Crippen LogP contribution in [0.1, 0.15) is 59.6 Å². The average molecular weight is 287 g/mol. The van der Waals surface area contributed by atoms with Crippen LogP contribution in [0.25, 0.3) is 0 Å². The lowest BCUT2D eigenvalue weighted by molar-refractivity contribution is -0.126. The van der Waals surface area contributed by atoms with Gasteiger partial charge in [0.05, 0.1) is 11.6 Å². The van der Waals surface area contributed by atoms with Crippen molar-refractivity contribution >= 4 is 11.8 Å². The van der Waals surface area contributed by atoms with Gasteiger partial charge in [0.2, 0.25) is 0 Å². The Bertz CT molecular complexity index is 561. The van der Waals surface area contributed by atoms with Crippen molar-refractivity contribution in [3.8, 4) is 0 Å². The molecule has 1 aromatic carbocycles. The summed E-state index contributed by atoms with van der Waals surface area (Å²) in [5, 5.41) is 12.4. The summed E-state index contributed by atoms with van der Waals surface area (Å²) in [5.74, 6) is -0.452. The number of ketones is 1. The third kappa shape index (κ3) is 2.86. The molecule has 1 aromatic rings. The molecule has 1 unspecified atom stereocenters. The molecule has 0 saturated heterocycles. The van der Waals surface area contributed by atoms with Crippen LogP contribution in [0.3, 0.4) is 0 Å². The van der Waals surface area contributed by atoms with Crippen LogP contribution in [0.4, 0.5) is 0 Å². The first-order valence-electron chi connectivity index (χ1n) is 7.80.